The molecular formula is C13H17BrFNO. The van der Waals surface area contributed by atoms with E-state index in [2.05, 4.69) is 27.8 Å². The molecule has 0 aromatic heterocycles. The molecule has 1 aliphatic heterocycles. The van der Waals surface area contributed by atoms with Gasteiger partial charge < -0.3 is 4.74 Å². The number of hydrogen-bond donors (Lipinski definition) is 0. The van der Waals surface area contributed by atoms with Gasteiger partial charge in [0.2, 0.25) is 0 Å². The van der Waals surface area contributed by atoms with Crippen LogP contribution in [0.4, 0.5) is 4.39 Å². The zero-order chi connectivity index (χ0) is 12.3. The second kappa shape index (κ2) is 5.94. The van der Waals surface area contributed by atoms with Crippen LogP contribution >= 0.6 is 15.9 Å². The summed E-state index contributed by atoms with van der Waals surface area (Å²) in [7, 11) is 0. The molecule has 0 N–H and O–H groups in total. The Morgan fingerprint density at radius 3 is 3.18 bits per heavy atom. The van der Waals surface area contributed by atoms with E-state index in [1.807, 2.05) is 6.07 Å². The second-order valence-corrected chi connectivity index (χ2v) is 5.28. The first-order chi connectivity index (χ1) is 8.16. The fraction of sp³-hybridized carbons (Fsp3) is 0.538. The van der Waals surface area contributed by atoms with E-state index in [9.17, 15) is 4.39 Å². The molecule has 4 heteroatoms. The highest BCUT2D eigenvalue weighted by Gasteiger charge is 2.16. The summed E-state index contributed by atoms with van der Waals surface area (Å²) in [4.78, 5) is 2.32. The average molecular weight is 302 g/mol. The molecule has 1 atom stereocenters. The van der Waals surface area contributed by atoms with E-state index in [1.54, 1.807) is 6.07 Å². The van der Waals surface area contributed by atoms with Gasteiger partial charge >= 0.3 is 0 Å². The Labute approximate surface area is 110 Å². The van der Waals surface area contributed by atoms with Crippen LogP contribution in [-0.2, 0) is 11.3 Å². The molecule has 2 rings (SSSR count). The molecular weight excluding hydrogens is 285 g/mol. The number of hydrogen-bond acceptors (Lipinski definition) is 2. The minimum absolute atomic E-state index is 0.193. The fourth-order valence-corrected chi connectivity index (χ4v) is 2.53. The van der Waals surface area contributed by atoms with E-state index in [-0.39, 0.29) is 11.9 Å². The first-order valence-corrected chi connectivity index (χ1v) is 6.73. The Balaban J connectivity index is 2.06. The molecule has 0 radical (unpaired) electrons. The molecule has 1 unspecified atom stereocenters. The predicted molar refractivity (Wildman–Crippen MR) is 69.4 cm³/mol. The molecule has 0 saturated carbocycles. The van der Waals surface area contributed by atoms with Crippen LogP contribution in [0.25, 0.3) is 0 Å². The van der Waals surface area contributed by atoms with Gasteiger partial charge in [-0.1, -0.05) is 12.1 Å². The van der Waals surface area contributed by atoms with Crippen LogP contribution in [-0.4, -0.2) is 30.7 Å². The van der Waals surface area contributed by atoms with Gasteiger partial charge in [-0.25, -0.2) is 4.39 Å². The Bertz CT molecular complexity index is 386. The fourth-order valence-electron chi connectivity index (χ4n) is 2.14. The smallest absolute Gasteiger partial charge is 0.137 e. The van der Waals surface area contributed by atoms with Gasteiger partial charge in [0.1, 0.15) is 5.82 Å². The van der Waals surface area contributed by atoms with Gasteiger partial charge in [-0.05, 0) is 40.9 Å². The maximum Gasteiger partial charge on any atom is 0.137 e. The summed E-state index contributed by atoms with van der Waals surface area (Å²) in [5.41, 5.74) is 0.999. The molecule has 0 aliphatic carbocycles. The van der Waals surface area contributed by atoms with Crippen LogP contribution < -0.4 is 0 Å². The van der Waals surface area contributed by atoms with Crippen molar-refractivity contribution >= 4 is 15.9 Å². The highest BCUT2D eigenvalue weighted by molar-refractivity contribution is 9.10. The number of rotatable bonds is 2. The van der Waals surface area contributed by atoms with Gasteiger partial charge in [-0.15, -0.1) is 0 Å². The SMILES string of the molecule is CC1CN(Cc2cccc(F)c2Br)CCCO1. The normalized spacial score (nSPS) is 22.4. The Morgan fingerprint density at radius 2 is 2.35 bits per heavy atom. The maximum atomic E-state index is 13.4. The monoisotopic (exact) mass is 301 g/mol. The molecule has 1 saturated heterocycles. The lowest BCUT2D eigenvalue weighted by Gasteiger charge is -2.22. The largest absolute Gasteiger partial charge is 0.377 e. The number of benzene rings is 1. The quantitative estimate of drug-likeness (QED) is 0.832. The number of halogens is 2. The highest BCUT2D eigenvalue weighted by Crippen LogP contribution is 2.22. The van der Waals surface area contributed by atoms with Crippen molar-refractivity contribution in [2.75, 3.05) is 19.7 Å². The van der Waals surface area contributed by atoms with Crippen LogP contribution in [0.3, 0.4) is 0 Å². The first kappa shape index (κ1) is 13.0. The molecule has 0 bridgehead atoms. The first-order valence-electron chi connectivity index (χ1n) is 5.93. The van der Waals surface area contributed by atoms with Crippen LogP contribution in [0, 0.1) is 5.82 Å². The molecule has 94 valence electrons. The summed E-state index contributed by atoms with van der Waals surface area (Å²) in [6.45, 7) is 5.59. The van der Waals surface area contributed by atoms with Gasteiger partial charge in [-0.2, -0.15) is 0 Å². The molecule has 1 aromatic rings. The molecule has 1 aliphatic rings. The van der Waals surface area contributed by atoms with Gasteiger partial charge in [-0.3, -0.25) is 4.90 Å². The molecule has 2 nitrogen and oxygen atoms in total. The molecule has 0 spiro atoms. The topological polar surface area (TPSA) is 12.5 Å². The van der Waals surface area contributed by atoms with Gasteiger partial charge in [0, 0.05) is 26.2 Å². The summed E-state index contributed by atoms with van der Waals surface area (Å²) in [6, 6.07) is 5.19. The lowest BCUT2D eigenvalue weighted by Crippen LogP contribution is -2.29. The Hall–Kier alpha value is -0.450. The molecule has 1 fully saturated rings. The van der Waals surface area contributed by atoms with E-state index >= 15 is 0 Å². The van der Waals surface area contributed by atoms with Gasteiger partial charge in [0.05, 0.1) is 10.6 Å². The van der Waals surface area contributed by atoms with E-state index in [1.165, 1.54) is 6.07 Å². The number of ether oxygens (including phenoxy) is 1. The van der Waals surface area contributed by atoms with Gasteiger partial charge in [0.25, 0.3) is 0 Å². The van der Waals surface area contributed by atoms with Crippen molar-refractivity contribution in [1.82, 2.24) is 4.90 Å². The van der Waals surface area contributed by atoms with E-state index in [4.69, 9.17) is 4.74 Å². The molecule has 0 amide bonds. The summed E-state index contributed by atoms with van der Waals surface area (Å²) in [5, 5.41) is 0. The minimum Gasteiger partial charge on any atom is -0.377 e. The minimum atomic E-state index is -0.193. The molecule has 1 aromatic carbocycles. The van der Waals surface area contributed by atoms with Crippen molar-refractivity contribution in [2.24, 2.45) is 0 Å². The molecule has 17 heavy (non-hydrogen) atoms. The third-order valence-electron chi connectivity index (χ3n) is 2.96. The van der Waals surface area contributed by atoms with E-state index in [0.29, 0.717) is 4.47 Å². The Kier molecular flexibility index (Phi) is 4.54. The predicted octanol–water partition coefficient (Wildman–Crippen LogP) is 3.20. The number of nitrogens with zero attached hydrogens (tertiary/aromatic N) is 1. The lowest BCUT2D eigenvalue weighted by molar-refractivity contribution is 0.0667. The van der Waals surface area contributed by atoms with Crippen molar-refractivity contribution < 1.29 is 9.13 Å². The summed E-state index contributed by atoms with van der Waals surface area (Å²) >= 11 is 3.31. The van der Waals surface area contributed by atoms with Crippen molar-refractivity contribution in [3.8, 4) is 0 Å². The van der Waals surface area contributed by atoms with Crippen LogP contribution in [0.2, 0.25) is 0 Å². The summed E-state index contributed by atoms with van der Waals surface area (Å²) in [5.74, 6) is -0.193. The maximum absolute atomic E-state index is 13.4. The van der Waals surface area contributed by atoms with Crippen molar-refractivity contribution in [3.63, 3.8) is 0 Å². The van der Waals surface area contributed by atoms with Crippen molar-refractivity contribution in [1.29, 1.82) is 0 Å². The van der Waals surface area contributed by atoms with E-state index in [0.717, 1.165) is 38.2 Å². The van der Waals surface area contributed by atoms with E-state index < -0.39 is 0 Å². The summed E-state index contributed by atoms with van der Waals surface area (Å²) in [6.07, 6.45) is 1.29. The van der Waals surface area contributed by atoms with Crippen LogP contribution in [0.5, 0.6) is 0 Å². The highest BCUT2D eigenvalue weighted by atomic mass is 79.9. The zero-order valence-electron chi connectivity index (χ0n) is 9.96. The standard InChI is InChI=1S/C13H17BrFNO/c1-10-8-16(6-3-7-17-10)9-11-4-2-5-12(15)13(11)14/h2,4-5,10H,3,6-9H2,1H3. The Morgan fingerprint density at radius 1 is 1.53 bits per heavy atom. The molecule has 1 heterocycles. The van der Waals surface area contributed by atoms with Crippen LogP contribution in [0.1, 0.15) is 18.9 Å². The van der Waals surface area contributed by atoms with Crippen molar-refractivity contribution in [2.45, 2.75) is 26.0 Å². The third kappa shape index (κ3) is 3.50. The third-order valence-corrected chi connectivity index (χ3v) is 3.85. The zero-order valence-corrected chi connectivity index (χ0v) is 11.5. The lowest BCUT2D eigenvalue weighted by atomic mass is 10.2. The summed E-state index contributed by atoms with van der Waals surface area (Å²) < 4.78 is 19.6. The second-order valence-electron chi connectivity index (χ2n) is 4.48. The van der Waals surface area contributed by atoms with Crippen LogP contribution in [0.15, 0.2) is 22.7 Å². The van der Waals surface area contributed by atoms with Crippen molar-refractivity contribution in [3.05, 3.63) is 34.1 Å². The van der Waals surface area contributed by atoms with Gasteiger partial charge in [0.15, 0.2) is 0 Å². The average Bonchev–Trinajstić information content (AvgIpc) is 2.49.